The molecule has 2 heterocycles. The minimum atomic E-state index is -4.41. The average molecular weight is 447 g/mol. The van der Waals surface area contributed by atoms with Gasteiger partial charge in [0.05, 0.1) is 17.0 Å². The zero-order chi connectivity index (χ0) is 23.0. The number of nitrogens with zero attached hydrogens (tertiary/aromatic N) is 2. The lowest BCUT2D eigenvalue weighted by molar-refractivity contribution is -0.137. The summed E-state index contributed by atoms with van der Waals surface area (Å²) in [5.41, 5.74) is 4.59. The standard InChI is InChI=1S/C26H20F3N3O/c27-26(28,29)22-7-3-6-20(14-22)24-15-23(30-31-24)18-8-10-19(11-9-18)25(33)32-13-12-17-4-1-2-5-21(17)16-32/h1-11,14-15H,12-13,16H2,(H,30,31). The topological polar surface area (TPSA) is 49.0 Å². The maximum Gasteiger partial charge on any atom is 0.416 e. The van der Waals surface area contributed by atoms with Gasteiger partial charge in [-0.25, -0.2) is 0 Å². The first kappa shape index (κ1) is 21.0. The maximum absolute atomic E-state index is 13.0. The fraction of sp³-hybridized carbons (Fsp3) is 0.154. The van der Waals surface area contributed by atoms with Crippen molar-refractivity contribution in [1.29, 1.82) is 0 Å². The van der Waals surface area contributed by atoms with Crippen molar-refractivity contribution in [3.8, 4) is 22.5 Å². The molecule has 4 aromatic rings. The number of hydrogen-bond donors (Lipinski definition) is 1. The van der Waals surface area contributed by atoms with Crippen molar-refractivity contribution in [3.63, 3.8) is 0 Å². The van der Waals surface area contributed by atoms with Crippen LogP contribution >= 0.6 is 0 Å². The number of hydrogen-bond acceptors (Lipinski definition) is 2. The molecule has 0 bridgehead atoms. The van der Waals surface area contributed by atoms with Crippen LogP contribution in [0.4, 0.5) is 13.2 Å². The molecule has 0 saturated carbocycles. The number of carbonyl (C=O) groups is 1. The Hall–Kier alpha value is -3.87. The van der Waals surface area contributed by atoms with Crippen LogP contribution in [0.25, 0.3) is 22.5 Å². The summed E-state index contributed by atoms with van der Waals surface area (Å²) in [6, 6.07) is 22.1. The van der Waals surface area contributed by atoms with Gasteiger partial charge in [-0.3, -0.25) is 9.89 Å². The van der Waals surface area contributed by atoms with Gasteiger partial charge in [-0.2, -0.15) is 18.3 Å². The monoisotopic (exact) mass is 447 g/mol. The van der Waals surface area contributed by atoms with E-state index in [1.807, 2.05) is 29.2 Å². The number of fused-ring (bicyclic) bond motifs is 1. The molecule has 33 heavy (non-hydrogen) atoms. The molecular formula is C26H20F3N3O. The van der Waals surface area contributed by atoms with Gasteiger partial charge in [-0.15, -0.1) is 0 Å². The van der Waals surface area contributed by atoms with Crippen molar-refractivity contribution in [2.24, 2.45) is 0 Å². The number of H-pyrrole nitrogens is 1. The van der Waals surface area contributed by atoms with Crippen LogP contribution in [0.15, 0.2) is 78.9 Å². The predicted molar refractivity (Wildman–Crippen MR) is 119 cm³/mol. The third kappa shape index (κ3) is 4.26. The Morgan fingerprint density at radius 2 is 1.64 bits per heavy atom. The normalized spacial score (nSPS) is 13.6. The van der Waals surface area contributed by atoms with Gasteiger partial charge in [0.15, 0.2) is 0 Å². The highest BCUT2D eigenvalue weighted by Crippen LogP contribution is 2.32. The fourth-order valence-electron chi connectivity index (χ4n) is 4.12. The van der Waals surface area contributed by atoms with Crippen molar-refractivity contribution in [2.45, 2.75) is 19.1 Å². The van der Waals surface area contributed by atoms with Crippen molar-refractivity contribution in [2.75, 3.05) is 6.54 Å². The Kier molecular flexibility index (Phi) is 5.24. The van der Waals surface area contributed by atoms with Crippen LogP contribution in [0.2, 0.25) is 0 Å². The first-order valence-corrected chi connectivity index (χ1v) is 10.6. The first-order valence-electron chi connectivity index (χ1n) is 10.6. The fourth-order valence-corrected chi connectivity index (χ4v) is 4.12. The van der Waals surface area contributed by atoms with E-state index in [-0.39, 0.29) is 5.91 Å². The summed E-state index contributed by atoms with van der Waals surface area (Å²) in [7, 11) is 0. The highest BCUT2D eigenvalue weighted by molar-refractivity contribution is 5.94. The van der Waals surface area contributed by atoms with E-state index >= 15 is 0 Å². The van der Waals surface area contributed by atoms with Crippen molar-refractivity contribution < 1.29 is 18.0 Å². The van der Waals surface area contributed by atoms with E-state index < -0.39 is 11.7 Å². The molecule has 0 atom stereocenters. The molecule has 4 nitrogen and oxygen atoms in total. The Balaban J connectivity index is 1.33. The van der Waals surface area contributed by atoms with Crippen LogP contribution in [-0.2, 0) is 19.1 Å². The number of benzene rings is 3. The zero-order valence-corrected chi connectivity index (χ0v) is 17.6. The Morgan fingerprint density at radius 1 is 0.879 bits per heavy atom. The highest BCUT2D eigenvalue weighted by atomic mass is 19.4. The van der Waals surface area contributed by atoms with E-state index in [0.29, 0.717) is 35.6 Å². The average Bonchev–Trinajstić information content (AvgIpc) is 3.33. The summed E-state index contributed by atoms with van der Waals surface area (Å²) < 4.78 is 39.0. The smallest absolute Gasteiger partial charge is 0.334 e. The van der Waals surface area contributed by atoms with E-state index in [0.717, 1.165) is 24.1 Å². The molecule has 1 aliphatic rings. The molecule has 0 aliphatic carbocycles. The molecule has 0 radical (unpaired) electrons. The minimum Gasteiger partial charge on any atom is -0.334 e. The predicted octanol–water partition coefficient (Wildman–Crippen LogP) is 5.96. The van der Waals surface area contributed by atoms with E-state index in [1.165, 1.54) is 17.2 Å². The second-order valence-corrected chi connectivity index (χ2v) is 8.07. The van der Waals surface area contributed by atoms with Gasteiger partial charge in [-0.05, 0) is 53.4 Å². The van der Waals surface area contributed by atoms with Crippen LogP contribution < -0.4 is 0 Å². The number of amides is 1. The Morgan fingerprint density at radius 3 is 2.39 bits per heavy atom. The SMILES string of the molecule is O=C(c1ccc(-c2cc(-c3cccc(C(F)(F)F)c3)n[nH]2)cc1)N1CCc2ccccc2C1. The number of nitrogens with one attached hydrogen (secondary N) is 1. The summed E-state index contributed by atoms with van der Waals surface area (Å²) in [4.78, 5) is 14.8. The largest absolute Gasteiger partial charge is 0.416 e. The molecule has 166 valence electrons. The summed E-state index contributed by atoms with van der Waals surface area (Å²) in [6.07, 6.45) is -3.57. The van der Waals surface area contributed by atoms with Crippen LogP contribution in [-0.4, -0.2) is 27.5 Å². The molecular weight excluding hydrogens is 427 g/mol. The molecule has 0 unspecified atom stereocenters. The number of rotatable bonds is 3. The molecule has 1 aliphatic heterocycles. The number of carbonyl (C=O) groups excluding carboxylic acids is 1. The number of aromatic nitrogens is 2. The number of aromatic amines is 1. The molecule has 0 saturated heterocycles. The van der Waals surface area contributed by atoms with Gasteiger partial charge in [-0.1, -0.05) is 48.5 Å². The third-order valence-electron chi connectivity index (χ3n) is 5.92. The van der Waals surface area contributed by atoms with Gasteiger partial charge in [0.2, 0.25) is 0 Å². The summed E-state index contributed by atoms with van der Waals surface area (Å²) in [5.74, 6) is -0.0229. The molecule has 0 fully saturated rings. The van der Waals surface area contributed by atoms with Gasteiger partial charge in [0, 0.05) is 24.2 Å². The Bertz CT molecular complexity index is 1310. The van der Waals surface area contributed by atoms with Crippen LogP contribution in [0, 0.1) is 0 Å². The van der Waals surface area contributed by atoms with Gasteiger partial charge < -0.3 is 4.90 Å². The van der Waals surface area contributed by atoms with Crippen LogP contribution in [0.5, 0.6) is 0 Å². The molecule has 5 rings (SSSR count). The summed E-state index contributed by atoms with van der Waals surface area (Å²) in [6.45, 7) is 1.27. The van der Waals surface area contributed by atoms with Gasteiger partial charge in [0.25, 0.3) is 5.91 Å². The maximum atomic E-state index is 13.0. The third-order valence-corrected chi connectivity index (χ3v) is 5.92. The van der Waals surface area contributed by atoms with E-state index in [9.17, 15) is 18.0 Å². The summed E-state index contributed by atoms with van der Waals surface area (Å²) >= 11 is 0. The zero-order valence-electron chi connectivity index (χ0n) is 17.6. The van der Waals surface area contributed by atoms with Gasteiger partial charge in [0.1, 0.15) is 0 Å². The molecule has 0 spiro atoms. The lowest BCUT2D eigenvalue weighted by Gasteiger charge is -2.29. The Labute approximate surface area is 188 Å². The number of halogens is 3. The van der Waals surface area contributed by atoms with Crippen LogP contribution in [0.1, 0.15) is 27.0 Å². The van der Waals surface area contributed by atoms with Crippen molar-refractivity contribution in [1.82, 2.24) is 15.1 Å². The van der Waals surface area contributed by atoms with E-state index in [4.69, 9.17) is 0 Å². The second kappa shape index (κ2) is 8.24. The summed E-state index contributed by atoms with van der Waals surface area (Å²) in [5, 5.41) is 7.05. The van der Waals surface area contributed by atoms with Crippen molar-refractivity contribution >= 4 is 5.91 Å². The second-order valence-electron chi connectivity index (χ2n) is 8.07. The molecule has 1 aromatic heterocycles. The molecule has 3 aromatic carbocycles. The lowest BCUT2D eigenvalue weighted by atomic mass is 9.99. The van der Waals surface area contributed by atoms with Crippen LogP contribution in [0.3, 0.4) is 0 Å². The highest BCUT2D eigenvalue weighted by Gasteiger charge is 2.30. The van der Waals surface area contributed by atoms with E-state index in [1.54, 1.807) is 24.3 Å². The van der Waals surface area contributed by atoms with E-state index in [2.05, 4.69) is 22.3 Å². The molecule has 7 heteroatoms. The minimum absolute atomic E-state index is 0.0229. The molecule has 1 N–H and O–H groups in total. The number of alkyl halides is 3. The first-order chi connectivity index (χ1) is 15.9. The lowest BCUT2D eigenvalue weighted by Crippen LogP contribution is -2.35. The van der Waals surface area contributed by atoms with Gasteiger partial charge >= 0.3 is 6.18 Å². The molecule has 1 amide bonds. The quantitative estimate of drug-likeness (QED) is 0.421. The van der Waals surface area contributed by atoms with Crippen molar-refractivity contribution in [3.05, 3.63) is 101 Å².